The molecule has 0 saturated carbocycles. The Balaban J connectivity index is 1.18. The van der Waals surface area contributed by atoms with E-state index in [2.05, 4.69) is 182 Å². The van der Waals surface area contributed by atoms with E-state index < -0.39 is 0 Å². The van der Waals surface area contributed by atoms with Crippen LogP contribution in [0.15, 0.2) is 188 Å². The summed E-state index contributed by atoms with van der Waals surface area (Å²) >= 11 is 0. The first-order valence-electron chi connectivity index (χ1n) is 19.3. The molecule has 3 heteroatoms. The maximum absolute atomic E-state index is 5.32. The van der Waals surface area contributed by atoms with Gasteiger partial charge < -0.3 is 0 Å². The molecule has 0 atom stereocenters. The molecule has 2 heterocycles. The monoisotopic (exact) mass is 715 g/mol. The number of rotatable bonds is 5. The third kappa shape index (κ3) is 4.91. The van der Waals surface area contributed by atoms with Crippen LogP contribution in [0, 0.1) is 0 Å². The van der Waals surface area contributed by atoms with Crippen LogP contribution in [0.4, 0.5) is 0 Å². The van der Waals surface area contributed by atoms with E-state index in [9.17, 15) is 0 Å². The van der Waals surface area contributed by atoms with E-state index in [1.54, 1.807) is 0 Å². The highest BCUT2D eigenvalue weighted by Crippen LogP contribution is 2.52. The van der Waals surface area contributed by atoms with Gasteiger partial charge in [0, 0.05) is 33.4 Å². The first-order chi connectivity index (χ1) is 27.5. The standard InChI is InChI=1S/C53H37N3/c1-53(2)43-27-12-11-24-42(43)49-40(25-14-28-44(49)53)37-21-13-22-38(32-37)41-26-15-29-46-51(41)50-39-23-10-9-16-34(39)30-31-47(50)56(46)48-33-45(35-17-5-3-6-18-35)54-52(55-48)36-19-7-4-8-20-36/h3-33H,1-2H3. The Morgan fingerprint density at radius 3 is 1.88 bits per heavy atom. The van der Waals surface area contributed by atoms with Crippen LogP contribution in [0.25, 0.3) is 94.4 Å². The van der Waals surface area contributed by atoms with Crippen molar-refractivity contribution in [1.82, 2.24) is 14.5 Å². The van der Waals surface area contributed by atoms with Crippen LogP contribution in [0.3, 0.4) is 0 Å². The molecule has 3 nitrogen and oxygen atoms in total. The fourth-order valence-corrected chi connectivity index (χ4v) is 9.19. The molecule has 11 rings (SSSR count). The minimum atomic E-state index is -0.0598. The van der Waals surface area contributed by atoms with Gasteiger partial charge in [-0.25, -0.2) is 9.97 Å². The molecule has 0 saturated heterocycles. The van der Waals surface area contributed by atoms with Gasteiger partial charge in [-0.05, 0) is 73.5 Å². The molecule has 0 fully saturated rings. The second kappa shape index (κ2) is 12.5. The Hall–Kier alpha value is -7.10. The highest BCUT2D eigenvalue weighted by Gasteiger charge is 2.36. The average Bonchev–Trinajstić information content (AvgIpc) is 3.73. The van der Waals surface area contributed by atoms with Crippen LogP contribution in [-0.4, -0.2) is 14.5 Å². The Labute approximate surface area is 326 Å². The molecular weight excluding hydrogens is 679 g/mol. The lowest BCUT2D eigenvalue weighted by Gasteiger charge is -2.21. The van der Waals surface area contributed by atoms with Crippen molar-refractivity contribution in [2.24, 2.45) is 0 Å². The van der Waals surface area contributed by atoms with Crippen molar-refractivity contribution in [2.75, 3.05) is 0 Å². The molecule has 0 N–H and O–H groups in total. The minimum Gasteiger partial charge on any atom is -0.294 e. The third-order valence-electron chi connectivity index (χ3n) is 11.8. The van der Waals surface area contributed by atoms with Gasteiger partial charge in [0.1, 0.15) is 5.82 Å². The van der Waals surface area contributed by atoms with E-state index in [-0.39, 0.29) is 5.41 Å². The molecule has 2 aromatic heterocycles. The molecule has 0 aliphatic heterocycles. The summed E-state index contributed by atoms with van der Waals surface area (Å²) in [6.07, 6.45) is 0. The van der Waals surface area contributed by atoms with Crippen LogP contribution < -0.4 is 0 Å². The van der Waals surface area contributed by atoms with Crippen molar-refractivity contribution < 1.29 is 0 Å². The van der Waals surface area contributed by atoms with E-state index in [4.69, 9.17) is 9.97 Å². The summed E-state index contributed by atoms with van der Waals surface area (Å²) in [5.41, 5.74) is 15.4. The lowest BCUT2D eigenvalue weighted by atomic mass is 9.82. The van der Waals surface area contributed by atoms with Gasteiger partial charge in [-0.1, -0.05) is 178 Å². The van der Waals surface area contributed by atoms with Crippen molar-refractivity contribution in [3.05, 3.63) is 199 Å². The fourth-order valence-electron chi connectivity index (χ4n) is 9.19. The van der Waals surface area contributed by atoms with Gasteiger partial charge in [0.2, 0.25) is 0 Å². The van der Waals surface area contributed by atoms with Crippen LogP contribution >= 0.6 is 0 Å². The highest BCUT2D eigenvalue weighted by molar-refractivity contribution is 6.25. The number of aromatic nitrogens is 3. The van der Waals surface area contributed by atoms with Crippen LogP contribution in [0.5, 0.6) is 0 Å². The molecule has 0 radical (unpaired) electrons. The first-order valence-corrected chi connectivity index (χ1v) is 19.3. The Bertz CT molecular complexity index is 3100. The second-order valence-electron chi connectivity index (χ2n) is 15.4. The molecule has 10 aromatic rings. The molecule has 56 heavy (non-hydrogen) atoms. The zero-order valence-electron chi connectivity index (χ0n) is 31.2. The Morgan fingerprint density at radius 1 is 0.429 bits per heavy atom. The molecule has 0 bridgehead atoms. The highest BCUT2D eigenvalue weighted by atomic mass is 15.1. The van der Waals surface area contributed by atoms with Crippen molar-refractivity contribution in [2.45, 2.75) is 19.3 Å². The summed E-state index contributed by atoms with van der Waals surface area (Å²) in [6.45, 7) is 4.70. The number of hydrogen-bond donors (Lipinski definition) is 0. The summed E-state index contributed by atoms with van der Waals surface area (Å²) in [6, 6.07) is 67.7. The van der Waals surface area contributed by atoms with Crippen molar-refractivity contribution in [3.8, 4) is 61.8 Å². The second-order valence-corrected chi connectivity index (χ2v) is 15.4. The first kappa shape index (κ1) is 32.3. The zero-order chi connectivity index (χ0) is 37.4. The predicted molar refractivity (Wildman–Crippen MR) is 233 cm³/mol. The molecular formula is C53H37N3. The topological polar surface area (TPSA) is 30.7 Å². The third-order valence-corrected chi connectivity index (χ3v) is 11.8. The van der Waals surface area contributed by atoms with Crippen molar-refractivity contribution in [1.29, 1.82) is 0 Å². The maximum Gasteiger partial charge on any atom is 0.162 e. The molecule has 0 amide bonds. The number of fused-ring (bicyclic) bond motifs is 8. The van der Waals surface area contributed by atoms with E-state index in [1.165, 1.54) is 66.1 Å². The molecule has 0 spiro atoms. The molecule has 1 aliphatic carbocycles. The number of benzene rings is 8. The van der Waals surface area contributed by atoms with Gasteiger partial charge in [-0.15, -0.1) is 0 Å². The maximum atomic E-state index is 5.32. The quantitative estimate of drug-likeness (QED) is 0.178. The molecule has 8 aromatic carbocycles. The van der Waals surface area contributed by atoms with Crippen LogP contribution in [0.2, 0.25) is 0 Å². The van der Waals surface area contributed by atoms with Crippen LogP contribution in [-0.2, 0) is 5.41 Å². The summed E-state index contributed by atoms with van der Waals surface area (Å²) in [5.74, 6) is 1.53. The van der Waals surface area contributed by atoms with Gasteiger partial charge >= 0.3 is 0 Å². The van der Waals surface area contributed by atoms with Crippen LogP contribution in [0.1, 0.15) is 25.0 Å². The van der Waals surface area contributed by atoms with Gasteiger partial charge in [0.25, 0.3) is 0 Å². The van der Waals surface area contributed by atoms with Gasteiger partial charge in [0.05, 0.1) is 16.7 Å². The summed E-state index contributed by atoms with van der Waals surface area (Å²) < 4.78 is 2.34. The summed E-state index contributed by atoms with van der Waals surface area (Å²) in [4.78, 5) is 10.4. The van der Waals surface area contributed by atoms with E-state index in [0.717, 1.165) is 33.7 Å². The minimum absolute atomic E-state index is 0.0598. The van der Waals surface area contributed by atoms with E-state index in [1.807, 2.05) is 24.3 Å². The molecule has 264 valence electrons. The molecule has 1 aliphatic rings. The van der Waals surface area contributed by atoms with Gasteiger partial charge in [-0.2, -0.15) is 0 Å². The lowest BCUT2D eigenvalue weighted by Crippen LogP contribution is -2.14. The van der Waals surface area contributed by atoms with E-state index >= 15 is 0 Å². The Morgan fingerprint density at radius 2 is 1.04 bits per heavy atom. The van der Waals surface area contributed by atoms with Gasteiger partial charge in [-0.3, -0.25) is 4.57 Å². The largest absolute Gasteiger partial charge is 0.294 e. The predicted octanol–water partition coefficient (Wildman–Crippen LogP) is 13.7. The molecule has 0 unspecified atom stereocenters. The zero-order valence-corrected chi connectivity index (χ0v) is 31.2. The normalized spacial score (nSPS) is 13.0. The van der Waals surface area contributed by atoms with Gasteiger partial charge in [0.15, 0.2) is 5.82 Å². The SMILES string of the molecule is CC1(C)c2ccccc2-c2c(-c3cccc(-c4cccc5c4c4c6ccccc6ccc4n5-c4cc(-c5ccccc5)nc(-c5ccccc5)n4)c3)cccc21. The Kier molecular flexibility index (Phi) is 7.20. The van der Waals surface area contributed by atoms with E-state index in [0.29, 0.717) is 5.82 Å². The average molecular weight is 716 g/mol. The van der Waals surface area contributed by atoms with Crippen molar-refractivity contribution in [3.63, 3.8) is 0 Å². The number of hydrogen-bond acceptors (Lipinski definition) is 2. The smallest absolute Gasteiger partial charge is 0.162 e. The fraction of sp³-hybridized carbons (Fsp3) is 0.0566. The summed E-state index contributed by atoms with van der Waals surface area (Å²) in [7, 11) is 0. The van der Waals surface area contributed by atoms with Crippen molar-refractivity contribution >= 4 is 32.6 Å². The summed E-state index contributed by atoms with van der Waals surface area (Å²) in [5, 5.41) is 4.86. The lowest BCUT2D eigenvalue weighted by molar-refractivity contribution is 0.660. The number of nitrogens with zero attached hydrogens (tertiary/aromatic N) is 3.